The third kappa shape index (κ3) is 3.57. The Morgan fingerprint density at radius 2 is 1.84 bits per heavy atom. The smallest absolute Gasteiger partial charge is 0.158 e. The minimum Gasteiger partial charge on any atom is -0.385 e. The third-order valence-corrected chi connectivity index (χ3v) is 6.91. The third-order valence-electron chi connectivity index (χ3n) is 6.91. The van der Waals surface area contributed by atoms with Crippen molar-refractivity contribution in [1.82, 2.24) is 15.2 Å². The van der Waals surface area contributed by atoms with E-state index in [2.05, 4.69) is 38.3 Å². The molecule has 0 saturated carbocycles. The van der Waals surface area contributed by atoms with Gasteiger partial charge in [-0.15, -0.1) is 0 Å². The maximum absolute atomic E-state index is 10.3. The van der Waals surface area contributed by atoms with Crippen molar-refractivity contribution in [3.63, 3.8) is 0 Å². The molecule has 1 N–H and O–H groups in total. The maximum atomic E-state index is 10.3. The molecular weight excluding hydrogens is 408 g/mol. The van der Waals surface area contributed by atoms with Crippen LogP contribution in [0.5, 0.6) is 0 Å². The molecule has 32 heavy (non-hydrogen) atoms. The van der Waals surface area contributed by atoms with Gasteiger partial charge in [-0.25, -0.2) is 4.63 Å². The standard InChI is InChI=1S/C24H28N4O4/c1-24(29)15-31-23(24)18-4-2-17(3-5-18)19-10-20-22(26-32-25-20)21(11-19)28-13-16(14-28)12-27-6-8-30-9-7-27/h2-5,10-11,16,23,29H,6-9,12-15H2,1H3. The summed E-state index contributed by atoms with van der Waals surface area (Å²) in [5, 5.41) is 18.6. The van der Waals surface area contributed by atoms with Crippen molar-refractivity contribution in [2.75, 3.05) is 57.4 Å². The van der Waals surface area contributed by atoms with Crippen LogP contribution in [0.2, 0.25) is 0 Å². The van der Waals surface area contributed by atoms with Crippen LogP contribution in [0.3, 0.4) is 0 Å². The number of morpholine rings is 1. The highest BCUT2D eigenvalue weighted by Crippen LogP contribution is 2.40. The zero-order chi connectivity index (χ0) is 21.7. The summed E-state index contributed by atoms with van der Waals surface area (Å²) in [6.45, 7) is 9.06. The van der Waals surface area contributed by atoms with Crippen LogP contribution < -0.4 is 4.90 Å². The number of nitrogens with zero attached hydrogens (tertiary/aromatic N) is 4. The van der Waals surface area contributed by atoms with Crippen LogP contribution in [0.25, 0.3) is 22.2 Å². The molecule has 8 heteroatoms. The molecule has 0 bridgehead atoms. The Morgan fingerprint density at radius 1 is 1.06 bits per heavy atom. The van der Waals surface area contributed by atoms with Gasteiger partial charge < -0.3 is 19.5 Å². The molecule has 3 aliphatic heterocycles. The van der Waals surface area contributed by atoms with Gasteiger partial charge in [0.05, 0.1) is 25.5 Å². The first-order valence-electron chi connectivity index (χ1n) is 11.3. The quantitative estimate of drug-likeness (QED) is 0.653. The highest BCUT2D eigenvalue weighted by molar-refractivity contribution is 5.93. The zero-order valence-corrected chi connectivity index (χ0v) is 18.2. The summed E-state index contributed by atoms with van der Waals surface area (Å²) in [6.07, 6.45) is -0.265. The molecule has 3 saturated heterocycles. The van der Waals surface area contributed by atoms with E-state index in [-0.39, 0.29) is 6.10 Å². The summed E-state index contributed by atoms with van der Waals surface area (Å²) in [6, 6.07) is 12.4. The van der Waals surface area contributed by atoms with Crippen molar-refractivity contribution in [2.45, 2.75) is 18.6 Å². The number of aliphatic hydroxyl groups is 1. The summed E-state index contributed by atoms with van der Waals surface area (Å²) in [7, 11) is 0. The van der Waals surface area contributed by atoms with E-state index in [9.17, 15) is 5.11 Å². The van der Waals surface area contributed by atoms with E-state index in [4.69, 9.17) is 14.1 Å². The molecular formula is C24H28N4O4. The molecule has 0 spiro atoms. The number of aromatic nitrogens is 2. The fraction of sp³-hybridized carbons (Fsp3) is 0.500. The van der Waals surface area contributed by atoms with Crippen LogP contribution >= 0.6 is 0 Å². The molecule has 168 valence electrons. The number of hydrogen-bond acceptors (Lipinski definition) is 8. The lowest BCUT2D eigenvalue weighted by molar-refractivity contribution is -0.231. The highest BCUT2D eigenvalue weighted by Gasteiger charge is 2.43. The van der Waals surface area contributed by atoms with Crippen LogP contribution in [0, 0.1) is 5.92 Å². The van der Waals surface area contributed by atoms with Gasteiger partial charge in [0.1, 0.15) is 17.2 Å². The Hall–Kier alpha value is -2.52. The first-order valence-corrected chi connectivity index (χ1v) is 11.3. The minimum atomic E-state index is -0.796. The molecule has 6 rings (SSSR count). The summed E-state index contributed by atoms with van der Waals surface area (Å²) in [4.78, 5) is 4.87. The van der Waals surface area contributed by atoms with E-state index < -0.39 is 5.60 Å². The van der Waals surface area contributed by atoms with E-state index in [1.807, 2.05) is 25.1 Å². The molecule has 2 unspecified atom stereocenters. The van der Waals surface area contributed by atoms with Crippen molar-refractivity contribution >= 4 is 16.7 Å². The predicted octanol–water partition coefficient (Wildman–Crippen LogP) is 2.48. The van der Waals surface area contributed by atoms with Crippen molar-refractivity contribution < 1.29 is 19.2 Å². The highest BCUT2D eigenvalue weighted by atomic mass is 16.6. The van der Waals surface area contributed by atoms with Gasteiger partial charge in [-0.2, -0.15) is 0 Å². The lowest BCUT2D eigenvalue weighted by Crippen LogP contribution is -2.53. The first-order chi connectivity index (χ1) is 15.6. The van der Waals surface area contributed by atoms with Gasteiger partial charge in [0.25, 0.3) is 0 Å². The monoisotopic (exact) mass is 436 g/mol. The lowest BCUT2D eigenvalue weighted by Gasteiger charge is -2.43. The summed E-state index contributed by atoms with van der Waals surface area (Å²) >= 11 is 0. The van der Waals surface area contributed by atoms with Gasteiger partial charge in [-0.3, -0.25) is 4.90 Å². The van der Waals surface area contributed by atoms with E-state index in [1.54, 1.807) is 0 Å². The number of hydrogen-bond donors (Lipinski definition) is 1. The fourth-order valence-electron chi connectivity index (χ4n) is 5.02. The minimum absolute atomic E-state index is 0.265. The Labute approximate surface area is 186 Å². The number of anilines is 1. The van der Waals surface area contributed by atoms with Gasteiger partial charge in [-0.05, 0) is 46.1 Å². The topological polar surface area (TPSA) is 84.1 Å². The Kier molecular flexibility index (Phi) is 4.91. The zero-order valence-electron chi connectivity index (χ0n) is 18.2. The van der Waals surface area contributed by atoms with Crippen LogP contribution in [0.1, 0.15) is 18.6 Å². The number of rotatable bonds is 5. The van der Waals surface area contributed by atoms with Crippen LogP contribution in [0.15, 0.2) is 41.0 Å². The SMILES string of the molecule is CC1(O)COC1c1ccc(-c2cc(N3CC(CN4CCOCC4)C3)c3nonc3c2)cc1. The van der Waals surface area contributed by atoms with E-state index in [0.717, 1.165) is 79.3 Å². The summed E-state index contributed by atoms with van der Waals surface area (Å²) < 4.78 is 16.1. The second-order valence-corrected chi connectivity index (χ2v) is 9.48. The van der Waals surface area contributed by atoms with Crippen molar-refractivity contribution in [3.8, 4) is 11.1 Å². The Balaban J connectivity index is 1.21. The first kappa shape index (κ1) is 20.1. The van der Waals surface area contributed by atoms with Gasteiger partial charge in [0.15, 0.2) is 5.52 Å². The Bertz CT molecular complexity index is 1100. The fourth-order valence-corrected chi connectivity index (χ4v) is 5.02. The van der Waals surface area contributed by atoms with Crippen LogP contribution in [0.4, 0.5) is 5.69 Å². The van der Waals surface area contributed by atoms with Gasteiger partial charge in [0.2, 0.25) is 0 Å². The molecule has 3 aliphatic rings. The molecule has 1 aromatic heterocycles. The van der Waals surface area contributed by atoms with Crippen LogP contribution in [-0.2, 0) is 9.47 Å². The van der Waals surface area contributed by atoms with E-state index in [1.165, 1.54) is 0 Å². The largest absolute Gasteiger partial charge is 0.385 e. The normalized spacial score (nSPS) is 26.8. The van der Waals surface area contributed by atoms with Gasteiger partial charge in [-0.1, -0.05) is 24.3 Å². The molecule has 3 aromatic rings. The van der Waals surface area contributed by atoms with Crippen molar-refractivity contribution in [3.05, 3.63) is 42.0 Å². The lowest BCUT2D eigenvalue weighted by atomic mass is 9.88. The second-order valence-electron chi connectivity index (χ2n) is 9.48. The predicted molar refractivity (Wildman–Crippen MR) is 120 cm³/mol. The Morgan fingerprint density at radius 3 is 2.53 bits per heavy atom. The van der Waals surface area contributed by atoms with Crippen molar-refractivity contribution in [2.24, 2.45) is 5.92 Å². The summed E-state index contributed by atoms with van der Waals surface area (Å²) in [5.41, 5.74) is 5.01. The second kappa shape index (κ2) is 7.81. The van der Waals surface area contributed by atoms with E-state index in [0.29, 0.717) is 12.5 Å². The molecule has 4 heterocycles. The molecule has 8 nitrogen and oxygen atoms in total. The molecule has 2 atom stereocenters. The summed E-state index contributed by atoms with van der Waals surface area (Å²) in [5.74, 6) is 0.654. The average Bonchev–Trinajstić information content (AvgIpc) is 3.25. The number of ether oxygens (including phenoxy) is 2. The molecule has 0 radical (unpaired) electrons. The van der Waals surface area contributed by atoms with Gasteiger partial charge >= 0.3 is 0 Å². The average molecular weight is 437 g/mol. The van der Waals surface area contributed by atoms with Crippen molar-refractivity contribution in [1.29, 1.82) is 0 Å². The van der Waals surface area contributed by atoms with E-state index >= 15 is 0 Å². The number of benzene rings is 2. The molecule has 2 aromatic carbocycles. The maximum Gasteiger partial charge on any atom is 0.158 e. The van der Waals surface area contributed by atoms with Gasteiger partial charge in [0, 0.05) is 38.6 Å². The number of fused-ring (bicyclic) bond motifs is 1. The molecule has 3 fully saturated rings. The molecule has 0 amide bonds. The molecule has 0 aliphatic carbocycles. The van der Waals surface area contributed by atoms with Crippen LogP contribution in [-0.4, -0.2) is 78.5 Å².